The minimum atomic E-state index is -0.743. The predicted molar refractivity (Wildman–Crippen MR) is 144 cm³/mol. The summed E-state index contributed by atoms with van der Waals surface area (Å²) >= 11 is 1.69. The molecule has 0 radical (unpaired) electrons. The number of rotatable bonds is 5. The lowest BCUT2D eigenvalue weighted by molar-refractivity contribution is -0.131. The van der Waals surface area contributed by atoms with Crippen LogP contribution >= 0.6 is 11.3 Å². The predicted octanol–water partition coefficient (Wildman–Crippen LogP) is 5.87. The summed E-state index contributed by atoms with van der Waals surface area (Å²) in [4.78, 5) is 35.0. The van der Waals surface area contributed by atoms with Crippen LogP contribution in [0.15, 0.2) is 52.8 Å². The molecule has 2 amide bonds. The molecule has 3 aromatic rings. The van der Waals surface area contributed by atoms with Gasteiger partial charge >= 0.3 is 0 Å². The third kappa shape index (κ3) is 3.99. The zero-order valence-electron chi connectivity index (χ0n) is 20.8. The Labute approximate surface area is 220 Å². The van der Waals surface area contributed by atoms with E-state index in [1.54, 1.807) is 28.4 Å². The standard InChI is InChI=1S/C30H30FN3O2S/c31-25-16-22(21-6-8-26-23(15-21)10-14-37-26)5-7-24(25)27-32-30(11-1-2-12-30)29(36)34(27)18-19-9-13-33(17-19)28(35)20-3-4-20/h5-8,10,14-16,19-20H,1-4,9,11-13,17-18H2/t19-/m1/s1. The van der Waals surface area contributed by atoms with Crippen LogP contribution in [-0.2, 0) is 9.59 Å². The first-order valence-electron chi connectivity index (χ1n) is 13.5. The van der Waals surface area contributed by atoms with Crippen molar-refractivity contribution in [2.75, 3.05) is 19.6 Å². The summed E-state index contributed by atoms with van der Waals surface area (Å²) in [7, 11) is 0. The fourth-order valence-electron chi connectivity index (χ4n) is 6.37. The molecule has 1 spiro atoms. The molecule has 7 heteroatoms. The molecule has 2 aliphatic heterocycles. The van der Waals surface area contributed by atoms with Crippen LogP contribution in [0.2, 0.25) is 0 Å². The molecule has 3 heterocycles. The number of amidine groups is 1. The van der Waals surface area contributed by atoms with E-state index < -0.39 is 5.54 Å². The third-order valence-electron chi connectivity index (χ3n) is 8.61. The summed E-state index contributed by atoms with van der Waals surface area (Å²) in [5.41, 5.74) is 1.43. The Morgan fingerprint density at radius 2 is 1.84 bits per heavy atom. The van der Waals surface area contributed by atoms with Gasteiger partial charge in [-0.15, -0.1) is 11.3 Å². The first kappa shape index (κ1) is 23.1. The normalized spacial score (nSPS) is 23.0. The number of halogens is 1. The van der Waals surface area contributed by atoms with Crippen molar-refractivity contribution in [3.8, 4) is 11.1 Å². The molecule has 3 fully saturated rings. The molecule has 1 aromatic heterocycles. The number of aliphatic imine (C=N–C) groups is 1. The summed E-state index contributed by atoms with van der Waals surface area (Å²) in [5, 5.41) is 3.21. The maximum Gasteiger partial charge on any atom is 0.256 e. The summed E-state index contributed by atoms with van der Waals surface area (Å²) in [5.74, 6) is 0.784. The number of carbonyl (C=O) groups excluding carboxylic acids is 2. The molecule has 1 saturated heterocycles. The third-order valence-corrected chi connectivity index (χ3v) is 9.51. The zero-order valence-corrected chi connectivity index (χ0v) is 21.6. The van der Waals surface area contributed by atoms with Crippen molar-refractivity contribution in [3.63, 3.8) is 0 Å². The van der Waals surface area contributed by atoms with Gasteiger partial charge in [-0.1, -0.05) is 25.0 Å². The minimum Gasteiger partial charge on any atom is -0.342 e. The van der Waals surface area contributed by atoms with E-state index in [-0.39, 0.29) is 29.5 Å². The van der Waals surface area contributed by atoms with Crippen LogP contribution in [0.5, 0.6) is 0 Å². The van der Waals surface area contributed by atoms with E-state index >= 15 is 4.39 Å². The summed E-state index contributed by atoms with van der Waals surface area (Å²) in [6.07, 6.45) is 6.26. The molecule has 7 rings (SSSR count). The summed E-state index contributed by atoms with van der Waals surface area (Å²) in [6.45, 7) is 1.91. The number of carbonyl (C=O) groups is 2. The molecule has 0 unspecified atom stereocenters. The highest BCUT2D eigenvalue weighted by molar-refractivity contribution is 7.17. The Balaban J connectivity index is 1.18. The fraction of sp³-hybridized carbons (Fsp3) is 0.433. The quantitative estimate of drug-likeness (QED) is 0.427. The molecule has 37 heavy (non-hydrogen) atoms. The van der Waals surface area contributed by atoms with Gasteiger partial charge in [0.05, 0.1) is 5.56 Å². The van der Waals surface area contributed by atoms with Crippen LogP contribution in [0.4, 0.5) is 4.39 Å². The number of likely N-dealkylation sites (tertiary alicyclic amines) is 1. The number of benzene rings is 2. The monoisotopic (exact) mass is 515 g/mol. The second-order valence-corrected chi connectivity index (χ2v) is 12.1. The van der Waals surface area contributed by atoms with E-state index in [4.69, 9.17) is 4.99 Å². The number of hydrogen-bond donors (Lipinski definition) is 0. The Hall–Kier alpha value is -3.06. The van der Waals surface area contributed by atoms with Crippen molar-refractivity contribution >= 4 is 39.1 Å². The lowest BCUT2D eigenvalue weighted by Crippen LogP contribution is -2.44. The van der Waals surface area contributed by atoms with Gasteiger partial charge in [-0.3, -0.25) is 19.5 Å². The molecular formula is C30H30FN3O2S. The number of amides is 2. The van der Waals surface area contributed by atoms with Crippen molar-refractivity contribution in [3.05, 3.63) is 59.2 Å². The van der Waals surface area contributed by atoms with E-state index in [9.17, 15) is 9.59 Å². The van der Waals surface area contributed by atoms with Crippen molar-refractivity contribution in [2.24, 2.45) is 16.8 Å². The maximum absolute atomic E-state index is 15.7. The van der Waals surface area contributed by atoms with Gasteiger partial charge in [0, 0.05) is 30.3 Å². The highest BCUT2D eigenvalue weighted by Gasteiger charge is 2.51. The fourth-order valence-corrected chi connectivity index (χ4v) is 7.14. The van der Waals surface area contributed by atoms with Crippen LogP contribution < -0.4 is 0 Å². The van der Waals surface area contributed by atoms with E-state index in [1.807, 2.05) is 17.0 Å². The number of thiophene rings is 1. The average molecular weight is 516 g/mol. The van der Waals surface area contributed by atoms with Gasteiger partial charge in [0.25, 0.3) is 5.91 Å². The van der Waals surface area contributed by atoms with Crippen LogP contribution in [-0.4, -0.2) is 52.6 Å². The number of nitrogens with zero attached hydrogens (tertiary/aromatic N) is 3. The summed E-state index contributed by atoms with van der Waals surface area (Å²) < 4.78 is 16.9. The molecule has 1 atom stereocenters. The van der Waals surface area contributed by atoms with Gasteiger partial charge in [0.15, 0.2) is 0 Å². The highest BCUT2D eigenvalue weighted by atomic mass is 32.1. The number of fused-ring (bicyclic) bond motifs is 1. The van der Waals surface area contributed by atoms with Crippen LogP contribution in [0.25, 0.3) is 21.2 Å². The van der Waals surface area contributed by atoms with Gasteiger partial charge in [-0.05, 0) is 90.2 Å². The topological polar surface area (TPSA) is 53.0 Å². The van der Waals surface area contributed by atoms with Crippen molar-refractivity contribution in [1.82, 2.24) is 9.80 Å². The van der Waals surface area contributed by atoms with Gasteiger partial charge in [0.1, 0.15) is 17.2 Å². The molecule has 0 N–H and O–H groups in total. The SMILES string of the molecule is O=C(C1CC1)N1CC[C@@H](CN2C(=O)C3(CCCC3)N=C2c2ccc(-c3ccc4sccc4c3)cc2F)C1. The molecule has 2 aliphatic carbocycles. The van der Waals surface area contributed by atoms with Crippen molar-refractivity contribution in [1.29, 1.82) is 0 Å². The highest BCUT2D eigenvalue weighted by Crippen LogP contribution is 2.41. The Kier molecular flexibility index (Phi) is 5.47. The first-order chi connectivity index (χ1) is 18.0. The van der Waals surface area contributed by atoms with Crippen LogP contribution in [0, 0.1) is 17.7 Å². The minimum absolute atomic E-state index is 0.0124. The van der Waals surface area contributed by atoms with Crippen molar-refractivity contribution < 1.29 is 14.0 Å². The zero-order chi connectivity index (χ0) is 25.1. The van der Waals surface area contributed by atoms with Crippen LogP contribution in [0.3, 0.4) is 0 Å². The lowest BCUT2D eigenvalue weighted by atomic mass is 9.97. The Bertz CT molecular complexity index is 1440. The molecule has 5 nitrogen and oxygen atoms in total. The smallest absolute Gasteiger partial charge is 0.256 e. The van der Waals surface area contributed by atoms with Crippen LogP contribution in [0.1, 0.15) is 50.5 Å². The Morgan fingerprint density at radius 1 is 1.05 bits per heavy atom. The first-order valence-corrected chi connectivity index (χ1v) is 14.4. The average Bonchev–Trinajstić information content (AvgIpc) is 3.25. The second kappa shape index (κ2) is 8.76. The van der Waals surface area contributed by atoms with E-state index in [1.165, 1.54) is 4.70 Å². The molecular weight excluding hydrogens is 485 g/mol. The van der Waals surface area contributed by atoms with E-state index in [2.05, 4.69) is 23.6 Å². The number of hydrogen-bond acceptors (Lipinski definition) is 4. The molecule has 0 bridgehead atoms. The van der Waals surface area contributed by atoms with Gasteiger partial charge in [-0.25, -0.2) is 4.39 Å². The van der Waals surface area contributed by atoms with Crippen molar-refractivity contribution in [2.45, 2.75) is 50.5 Å². The largest absolute Gasteiger partial charge is 0.342 e. The molecule has 190 valence electrons. The van der Waals surface area contributed by atoms with E-state index in [0.29, 0.717) is 24.5 Å². The second-order valence-electron chi connectivity index (χ2n) is 11.2. The summed E-state index contributed by atoms with van der Waals surface area (Å²) in [6, 6.07) is 13.6. The maximum atomic E-state index is 15.7. The molecule has 2 saturated carbocycles. The van der Waals surface area contributed by atoms with Gasteiger partial charge in [0.2, 0.25) is 5.91 Å². The lowest BCUT2D eigenvalue weighted by Gasteiger charge is -2.25. The van der Waals surface area contributed by atoms with Gasteiger partial charge < -0.3 is 4.90 Å². The molecule has 2 aromatic carbocycles. The van der Waals surface area contributed by atoms with Gasteiger partial charge in [-0.2, -0.15) is 0 Å². The van der Waals surface area contributed by atoms with E-state index in [0.717, 1.165) is 68.0 Å². The molecule has 4 aliphatic rings. The Morgan fingerprint density at radius 3 is 2.62 bits per heavy atom.